The number of benzene rings is 1. The van der Waals surface area contributed by atoms with Gasteiger partial charge in [-0.1, -0.05) is 24.3 Å². The van der Waals surface area contributed by atoms with Gasteiger partial charge in [-0.3, -0.25) is 0 Å². The minimum Gasteiger partial charge on any atom is -0.317 e. The quantitative estimate of drug-likeness (QED) is 0.621. The van der Waals surface area contributed by atoms with E-state index in [4.69, 9.17) is 0 Å². The zero-order valence-electron chi connectivity index (χ0n) is 20.0. The lowest BCUT2D eigenvalue weighted by Crippen LogP contribution is -2.56. The van der Waals surface area contributed by atoms with Gasteiger partial charge < -0.3 is 10.2 Å². The van der Waals surface area contributed by atoms with Crippen LogP contribution in [0.2, 0.25) is 0 Å². The van der Waals surface area contributed by atoms with Crippen molar-refractivity contribution in [2.45, 2.75) is 48.8 Å². The molecule has 1 unspecified atom stereocenters. The van der Waals surface area contributed by atoms with Crippen LogP contribution in [-0.2, 0) is 20.0 Å². The summed E-state index contributed by atoms with van der Waals surface area (Å²) < 4.78 is 56.6. The van der Waals surface area contributed by atoms with Crippen LogP contribution in [0.1, 0.15) is 31.2 Å². The predicted octanol–water partition coefficient (Wildman–Crippen LogP) is 1.65. The number of rotatable bonds is 5. The van der Waals surface area contributed by atoms with E-state index in [0.717, 1.165) is 12.0 Å². The number of hydrogen-bond acceptors (Lipinski definition) is 6. The molecule has 0 amide bonds. The molecule has 2 aliphatic rings. The van der Waals surface area contributed by atoms with Crippen LogP contribution in [0.15, 0.2) is 41.3 Å². The molecule has 1 aromatic rings. The third kappa shape index (κ3) is 6.23. The summed E-state index contributed by atoms with van der Waals surface area (Å²) >= 11 is 0. The first kappa shape index (κ1) is 26.3. The topological polar surface area (TPSA) is 90.0 Å². The highest BCUT2D eigenvalue weighted by atomic mass is 32.2. The lowest BCUT2D eigenvalue weighted by Gasteiger charge is -2.42. The van der Waals surface area contributed by atoms with Gasteiger partial charge in [0.15, 0.2) is 0 Å². The summed E-state index contributed by atoms with van der Waals surface area (Å²) in [5.41, 5.74) is 1.58. The van der Waals surface area contributed by atoms with Crippen molar-refractivity contribution < 1.29 is 16.8 Å². The maximum Gasteiger partial charge on any atom is 0.243 e. The Morgan fingerprint density at radius 3 is 2.06 bits per heavy atom. The zero-order valence-corrected chi connectivity index (χ0v) is 21.7. The molecular weight excluding hydrogens is 460 g/mol. The first-order valence-corrected chi connectivity index (χ1v) is 14.6. The third-order valence-electron chi connectivity index (χ3n) is 6.56. The van der Waals surface area contributed by atoms with Gasteiger partial charge in [0.25, 0.3) is 0 Å². The summed E-state index contributed by atoms with van der Waals surface area (Å²) in [5, 5.41) is 2.89. The minimum absolute atomic E-state index is 0.0150. The summed E-state index contributed by atoms with van der Waals surface area (Å²) in [7, 11) is -3.40. The van der Waals surface area contributed by atoms with Gasteiger partial charge in [-0.05, 0) is 77.5 Å². The molecule has 186 valence electrons. The van der Waals surface area contributed by atoms with Crippen LogP contribution < -0.4 is 5.32 Å². The first-order chi connectivity index (χ1) is 15.5. The standard InChI is InChI=1S/C23H38N4O4S2/c1-19-7-9-21(10-8-19)32(28,29)26-15-5-13-24-14-6-16-27(18-20(2)17-26)33(30,31)23-12-11-22(23)25(3)4/h7-10,22-24H,2,5-6,11-18H2,1,3-4H3/t22-,23?/m0/s1. The van der Waals surface area contributed by atoms with E-state index in [1.54, 1.807) is 24.3 Å². The Morgan fingerprint density at radius 1 is 0.939 bits per heavy atom. The third-order valence-corrected chi connectivity index (χ3v) is 10.8. The Hall–Kier alpha value is -1.30. The summed E-state index contributed by atoms with van der Waals surface area (Å²) in [5.74, 6) is 0. The van der Waals surface area contributed by atoms with Crippen molar-refractivity contribution in [2.24, 2.45) is 0 Å². The van der Waals surface area contributed by atoms with Gasteiger partial charge in [0, 0.05) is 32.2 Å². The Bertz CT molecular complexity index is 1020. The van der Waals surface area contributed by atoms with E-state index in [9.17, 15) is 16.8 Å². The lowest BCUT2D eigenvalue weighted by molar-refractivity contribution is 0.191. The normalized spacial score (nSPS) is 25.3. The van der Waals surface area contributed by atoms with Gasteiger partial charge >= 0.3 is 0 Å². The fourth-order valence-corrected chi connectivity index (χ4v) is 8.30. The molecule has 1 aliphatic heterocycles. The molecule has 2 fully saturated rings. The summed E-state index contributed by atoms with van der Waals surface area (Å²) in [6.07, 6.45) is 2.90. The molecular formula is C23H38N4O4S2. The fraction of sp³-hybridized carbons (Fsp3) is 0.652. The van der Waals surface area contributed by atoms with Crippen LogP contribution in [0.4, 0.5) is 0 Å². The molecule has 33 heavy (non-hydrogen) atoms. The highest BCUT2D eigenvalue weighted by molar-refractivity contribution is 7.90. The maximum absolute atomic E-state index is 13.5. The van der Waals surface area contributed by atoms with Crippen LogP contribution in [0.5, 0.6) is 0 Å². The van der Waals surface area contributed by atoms with Crippen LogP contribution in [0.25, 0.3) is 0 Å². The highest BCUT2D eigenvalue weighted by Crippen LogP contribution is 2.32. The van der Waals surface area contributed by atoms with Crippen molar-refractivity contribution in [1.82, 2.24) is 18.8 Å². The van der Waals surface area contributed by atoms with Crippen molar-refractivity contribution in [3.05, 3.63) is 42.0 Å². The van der Waals surface area contributed by atoms with Crippen molar-refractivity contribution in [2.75, 3.05) is 53.4 Å². The molecule has 0 spiro atoms. The average molecular weight is 499 g/mol. The van der Waals surface area contributed by atoms with E-state index in [2.05, 4.69) is 11.9 Å². The second-order valence-corrected chi connectivity index (χ2v) is 13.5. The Balaban J connectivity index is 1.81. The molecule has 0 aromatic heterocycles. The van der Waals surface area contributed by atoms with Gasteiger partial charge in [0.2, 0.25) is 20.0 Å². The molecule has 8 nitrogen and oxygen atoms in total. The monoisotopic (exact) mass is 498 g/mol. The lowest BCUT2D eigenvalue weighted by atomic mass is 9.91. The largest absolute Gasteiger partial charge is 0.317 e. The highest BCUT2D eigenvalue weighted by Gasteiger charge is 2.44. The molecule has 1 saturated carbocycles. The van der Waals surface area contributed by atoms with Gasteiger partial charge in [0.1, 0.15) is 0 Å². The van der Waals surface area contributed by atoms with Crippen molar-refractivity contribution in [1.29, 1.82) is 0 Å². The van der Waals surface area contributed by atoms with Crippen molar-refractivity contribution >= 4 is 20.0 Å². The van der Waals surface area contributed by atoms with Gasteiger partial charge in [0.05, 0.1) is 10.1 Å². The number of hydrogen-bond donors (Lipinski definition) is 1. The number of nitrogens with zero attached hydrogens (tertiary/aromatic N) is 3. The Morgan fingerprint density at radius 2 is 1.52 bits per heavy atom. The van der Waals surface area contributed by atoms with Gasteiger partial charge in [-0.25, -0.2) is 16.8 Å². The molecule has 3 rings (SSSR count). The molecule has 1 N–H and O–H groups in total. The van der Waals surface area contributed by atoms with Crippen molar-refractivity contribution in [3.63, 3.8) is 0 Å². The molecule has 1 heterocycles. The fourth-order valence-electron chi connectivity index (χ4n) is 4.46. The Kier molecular flexibility index (Phi) is 8.74. The summed E-state index contributed by atoms with van der Waals surface area (Å²) in [4.78, 5) is 2.22. The molecule has 2 atom stereocenters. The maximum atomic E-state index is 13.5. The zero-order chi connectivity index (χ0) is 24.2. The molecule has 1 saturated heterocycles. The second kappa shape index (κ2) is 11.0. The second-order valence-electron chi connectivity index (χ2n) is 9.38. The number of sulfonamides is 2. The van der Waals surface area contributed by atoms with E-state index in [1.165, 1.54) is 8.61 Å². The molecule has 1 aliphatic carbocycles. The first-order valence-electron chi connectivity index (χ1n) is 11.6. The van der Waals surface area contributed by atoms with Crippen LogP contribution >= 0.6 is 0 Å². The predicted molar refractivity (Wildman–Crippen MR) is 132 cm³/mol. The van der Waals surface area contributed by atoms with E-state index in [-0.39, 0.29) is 24.0 Å². The average Bonchev–Trinajstić information content (AvgIpc) is 2.68. The van der Waals surface area contributed by atoms with Gasteiger partial charge in [-0.15, -0.1) is 0 Å². The molecule has 10 heteroatoms. The van der Waals surface area contributed by atoms with E-state index >= 15 is 0 Å². The molecule has 0 bridgehead atoms. The number of aryl methyl sites for hydroxylation is 1. The van der Waals surface area contributed by atoms with Gasteiger partial charge in [-0.2, -0.15) is 8.61 Å². The van der Waals surface area contributed by atoms with E-state index in [1.807, 2.05) is 25.9 Å². The molecule has 0 radical (unpaired) electrons. The summed E-state index contributed by atoms with van der Waals surface area (Å²) in [6, 6.07) is 6.83. The van der Waals surface area contributed by atoms with Crippen LogP contribution in [-0.4, -0.2) is 95.0 Å². The van der Waals surface area contributed by atoms with E-state index < -0.39 is 25.3 Å². The van der Waals surface area contributed by atoms with E-state index in [0.29, 0.717) is 51.0 Å². The van der Waals surface area contributed by atoms with Crippen LogP contribution in [0, 0.1) is 6.92 Å². The SMILES string of the molecule is C=C1CN(S(=O)(=O)c2ccc(C)cc2)CCCNCCCN(S(=O)(=O)C2CC[C@@H]2N(C)C)C1. The smallest absolute Gasteiger partial charge is 0.243 e. The number of nitrogens with one attached hydrogen (secondary N) is 1. The Labute approximate surface area is 199 Å². The minimum atomic E-state index is -3.71. The summed E-state index contributed by atoms with van der Waals surface area (Å²) in [6.45, 7) is 8.35. The molecule has 1 aromatic carbocycles. The van der Waals surface area contributed by atoms with Crippen LogP contribution in [0.3, 0.4) is 0 Å². The van der Waals surface area contributed by atoms with Crippen molar-refractivity contribution in [3.8, 4) is 0 Å².